The van der Waals surface area contributed by atoms with Crippen LogP contribution in [0.2, 0.25) is 4.34 Å². The van der Waals surface area contributed by atoms with E-state index < -0.39 is 11.6 Å². The number of nitrogens with zero attached hydrogens (tertiary/aromatic N) is 4. The molecule has 4 heterocycles. The second-order valence-corrected chi connectivity index (χ2v) is 11.0. The molecular formula is C26H26ClF2N5O2S. The number of amides is 1. The van der Waals surface area contributed by atoms with Gasteiger partial charge in [0.15, 0.2) is 5.76 Å². The molecule has 1 N–H and O–H groups in total. The first-order valence-corrected chi connectivity index (χ1v) is 13.3. The minimum Gasteiger partial charge on any atom is -0.355 e. The zero-order valence-electron chi connectivity index (χ0n) is 20.4. The Morgan fingerprint density at radius 3 is 2.59 bits per heavy atom. The van der Waals surface area contributed by atoms with Crippen molar-refractivity contribution in [3.8, 4) is 22.0 Å². The highest BCUT2D eigenvalue weighted by molar-refractivity contribution is 7.19. The quantitative estimate of drug-likeness (QED) is 0.315. The summed E-state index contributed by atoms with van der Waals surface area (Å²) in [5.74, 6) is -1.39. The van der Waals surface area contributed by atoms with E-state index in [2.05, 4.69) is 34.2 Å². The Hall–Kier alpha value is -3.08. The molecule has 0 unspecified atom stereocenters. The highest BCUT2D eigenvalue weighted by Crippen LogP contribution is 2.32. The van der Waals surface area contributed by atoms with Crippen LogP contribution in [0.3, 0.4) is 0 Å². The smallest absolute Gasteiger partial charge is 0.269 e. The first-order chi connectivity index (χ1) is 17.8. The van der Waals surface area contributed by atoms with Crippen LogP contribution in [0.5, 0.6) is 0 Å². The van der Waals surface area contributed by atoms with Crippen molar-refractivity contribution in [2.75, 3.05) is 13.1 Å². The van der Waals surface area contributed by atoms with Crippen molar-refractivity contribution >= 4 is 28.8 Å². The molecule has 0 bridgehead atoms. The van der Waals surface area contributed by atoms with Gasteiger partial charge >= 0.3 is 0 Å². The molecule has 5 rings (SSSR count). The Morgan fingerprint density at radius 2 is 1.95 bits per heavy atom. The largest absolute Gasteiger partial charge is 0.355 e. The maximum Gasteiger partial charge on any atom is 0.269 e. The summed E-state index contributed by atoms with van der Waals surface area (Å²) in [6, 6.07) is 9.35. The molecular weight excluding hydrogens is 520 g/mol. The molecule has 0 atom stereocenters. The van der Waals surface area contributed by atoms with Gasteiger partial charge in [0.25, 0.3) is 5.91 Å². The standard InChI is InChI=1S/C26H26ClF2N5O2S/c1-15(2)33-10-8-16(9-11-33)31-26(35)20-13-30-25(24-18(28)4-3-5-19(24)29)34(20)14-17-12-21(36-32-17)22-6-7-23(27)37-22/h3-7,12-13,15-16H,8-11,14H2,1-2H3,(H,31,35). The Kier molecular flexibility index (Phi) is 7.41. The van der Waals surface area contributed by atoms with E-state index >= 15 is 0 Å². The van der Waals surface area contributed by atoms with Crippen LogP contribution in [-0.2, 0) is 6.54 Å². The highest BCUT2D eigenvalue weighted by atomic mass is 35.5. The number of hydrogen-bond donors (Lipinski definition) is 1. The van der Waals surface area contributed by atoms with Crippen LogP contribution in [0.15, 0.2) is 47.1 Å². The molecule has 11 heteroatoms. The molecule has 0 aliphatic carbocycles. The van der Waals surface area contributed by atoms with Crippen LogP contribution in [0.1, 0.15) is 42.9 Å². The number of hydrogen-bond acceptors (Lipinski definition) is 6. The third-order valence-electron chi connectivity index (χ3n) is 6.56. The van der Waals surface area contributed by atoms with E-state index in [1.54, 1.807) is 12.1 Å². The van der Waals surface area contributed by atoms with E-state index in [0.717, 1.165) is 42.9 Å². The number of thiophene rings is 1. The Balaban J connectivity index is 1.45. The van der Waals surface area contributed by atoms with Crippen molar-refractivity contribution in [2.24, 2.45) is 0 Å². The summed E-state index contributed by atoms with van der Waals surface area (Å²) < 4.78 is 37.0. The molecule has 0 saturated carbocycles. The first-order valence-electron chi connectivity index (χ1n) is 12.1. The van der Waals surface area contributed by atoms with Crippen LogP contribution in [0.25, 0.3) is 22.0 Å². The molecule has 194 valence electrons. The summed E-state index contributed by atoms with van der Waals surface area (Å²) in [5.41, 5.74) is 0.350. The maximum absolute atomic E-state index is 14.7. The van der Waals surface area contributed by atoms with Crippen molar-refractivity contribution in [3.05, 3.63) is 70.0 Å². The number of likely N-dealkylation sites (tertiary alicyclic amines) is 1. The van der Waals surface area contributed by atoms with Gasteiger partial charge in [-0.25, -0.2) is 13.8 Å². The molecule has 1 amide bonds. The third-order valence-corrected chi connectivity index (χ3v) is 7.81. The highest BCUT2D eigenvalue weighted by Gasteiger charge is 2.27. The molecule has 1 fully saturated rings. The van der Waals surface area contributed by atoms with Crippen molar-refractivity contribution in [3.63, 3.8) is 0 Å². The van der Waals surface area contributed by atoms with E-state index in [-0.39, 0.29) is 35.6 Å². The van der Waals surface area contributed by atoms with Gasteiger partial charge in [0.2, 0.25) is 0 Å². The van der Waals surface area contributed by atoms with E-state index in [4.69, 9.17) is 16.1 Å². The molecule has 1 saturated heterocycles. The van der Waals surface area contributed by atoms with Gasteiger partial charge in [0.05, 0.1) is 27.5 Å². The zero-order chi connectivity index (χ0) is 26.1. The second-order valence-electron chi connectivity index (χ2n) is 9.31. The summed E-state index contributed by atoms with van der Waals surface area (Å²) in [5, 5.41) is 7.19. The molecule has 37 heavy (non-hydrogen) atoms. The van der Waals surface area contributed by atoms with Crippen molar-refractivity contribution < 1.29 is 18.1 Å². The predicted molar refractivity (Wildman–Crippen MR) is 139 cm³/mol. The van der Waals surface area contributed by atoms with Gasteiger partial charge in [0, 0.05) is 31.2 Å². The third kappa shape index (κ3) is 5.46. The monoisotopic (exact) mass is 545 g/mol. The zero-order valence-corrected chi connectivity index (χ0v) is 22.0. The van der Waals surface area contributed by atoms with Gasteiger partial charge in [-0.15, -0.1) is 11.3 Å². The van der Waals surface area contributed by atoms with Crippen molar-refractivity contribution in [1.29, 1.82) is 0 Å². The Morgan fingerprint density at radius 1 is 1.22 bits per heavy atom. The molecule has 4 aromatic rings. The van der Waals surface area contributed by atoms with Gasteiger partial charge in [-0.2, -0.15) is 0 Å². The van der Waals surface area contributed by atoms with Crippen molar-refractivity contribution in [1.82, 2.24) is 24.9 Å². The number of carbonyl (C=O) groups is 1. The minimum atomic E-state index is -0.770. The summed E-state index contributed by atoms with van der Waals surface area (Å²) in [6.45, 7) is 6.12. The Labute approximate surface area is 222 Å². The van der Waals surface area contributed by atoms with Crippen LogP contribution in [-0.4, -0.2) is 50.7 Å². The minimum absolute atomic E-state index is 0.000838. The number of imidazole rings is 1. The number of piperidine rings is 1. The lowest BCUT2D eigenvalue weighted by Crippen LogP contribution is -2.46. The normalized spacial score (nSPS) is 15.0. The number of rotatable bonds is 7. The molecule has 1 aliphatic rings. The molecule has 7 nitrogen and oxygen atoms in total. The van der Waals surface area contributed by atoms with Gasteiger partial charge in [-0.1, -0.05) is 22.8 Å². The lowest BCUT2D eigenvalue weighted by Gasteiger charge is -2.34. The average molecular weight is 546 g/mol. The first kappa shape index (κ1) is 25.6. The lowest BCUT2D eigenvalue weighted by molar-refractivity contribution is 0.0892. The van der Waals surface area contributed by atoms with Crippen LogP contribution >= 0.6 is 22.9 Å². The Bertz CT molecular complexity index is 1390. The number of aromatic nitrogens is 3. The summed E-state index contributed by atoms with van der Waals surface area (Å²) in [7, 11) is 0. The molecule has 1 aliphatic heterocycles. The molecule has 3 aromatic heterocycles. The van der Waals surface area contributed by atoms with Crippen LogP contribution < -0.4 is 5.32 Å². The number of nitrogens with one attached hydrogen (secondary N) is 1. The van der Waals surface area contributed by atoms with Gasteiger partial charge in [-0.3, -0.25) is 4.79 Å². The fraction of sp³-hybridized carbons (Fsp3) is 0.346. The van der Waals surface area contributed by atoms with Crippen LogP contribution in [0.4, 0.5) is 8.78 Å². The van der Waals surface area contributed by atoms with Crippen molar-refractivity contribution in [2.45, 2.75) is 45.3 Å². The topological polar surface area (TPSA) is 76.2 Å². The summed E-state index contributed by atoms with van der Waals surface area (Å²) in [6.07, 6.45) is 2.99. The van der Waals surface area contributed by atoms with Gasteiger partial charge in [-0.05, 0) is 51.0 Å². The summed E-state index contributed by atoms with van der Waals surface area (Å²) >= 11 is 7.38. The lowest BCUT2D eigenvalue weighted by atomic mass is 10.0. The number of halogens is 3. The molecule has 0 radical (unpaired) electrons. The number of benzene rings is 1. The fourth-order valence-corrected chi connectivity index (χ4v) is 5.55. The van der Waals surface area contributed by atoms with E-state index in [0.29, 0.717) is 21.8 Å². The fourth-order valence-electron chi connectivity index (χ4n) is 4.56. The van der Waals surface area contributed by atoms with E-state index in [9.17, 15) is 13.6 Å². The molecule has 1 aromatic carbocycles. The van der Waals surface area contributed by atoms with Gasteiger partial charge < -0.3 is 19.3 Å². The molecule has 0 spiro atoms. The van der Waals surface area contributed by atoms with Gasteiger partial charge in [0.1, 0.15) is 28.8 Å². The van der Waals surface area contributed by atoms with E-state index in [1.807, 2.05) is 6.07 Å². The average Bonchev–Trinajstić information content (AvgIpc) is 3.60. The maximum atomic E-state index is 14.7. The van der Waals surface area contributed by atoms with E-state index in [1.165, 1.54) is 28.2 Å². The second kappa shape index (κ2) is 10.7. The number of carbonyl (C=O) groups excluding carboxylic acids is 1. The SMILES string of the molecule is CC(C)N1CCC(NC(=O)c2cnc(-c3c(F)cccc3F)n2Cc2cc(-c3ccc(Cl)s3)on2)CC1. The predicted octanol–water partition coefficient (Wildman–Crippen LogP) is 5.85. The summed E-state index contributed by atoms with van der Waals surface area (Å²) in [4.78, 5) is 20.8. The van der Waals surface area contributed by atoms with Crippen LogP contribution in [0, 0.1) is 11.6 Å².